The van der Waals surface area contributed by atoms with Crippen LogP contribution in [0.15, 0.2) is 18.2 Å². The van der Waals surface area contributed by atoms with E-state index in [9.17, 15) is 0 Å². The molecule has 0 radical (unpaired) electrons. The molecule has 1 heterocycles. The lowest BCUT2D eigenvalue weighted by atomic mass is 10.2. The number of halogens is 1. The number of hydrogen-bond acceptors (Lipinski definition) is 4. The largest absolute Gasteiger partial charge is 0.439 e. The fraction of sp³-hybridized carbons (Fsp3) is 0.375. The summed E-state index contributed by atoms with van der Waals surface area (Å²) in [6, 6.07) is 5.57. The van der Waals surface area contributed by atoms with Gasteiger partial charge in [-0.05, 0) is 51.0 Å². The third kappa shape index (κ3) is 3.85. The molecule has 0 fully saturated rings. The average Bonchev–Trinajstić information content (AvgIpc) is 2.45. The van der Waals surface area contributed by atoms with Gasteiger partial charge in [0.15, 0.2) is 0 Å². The zero-order valence-electron chi connectivity index (χ0n) is 12.8. The van der Waals surface area contributed by atoms with E-state index in [4.69, 9.17) is 16.3 Å². The van der Waals surface area contributed by atoms with E-state index in [0.717, 1.165) is 40.7 Å². The van der Waals surface area contributed by atoms with Crippen molar-refractivity contribution in [2.45, 2.75) is 34.1 Å². The lowest BCUT2D eigenvalue weighted by molar-refractivity contribution is 0.455. The van der Waals surface area contributed by atoms with Crippen molar-refractivity contribution >= 4 is 17.4 Å². The van der Waals surface area contributed by atoms with Crippen LogP contribution in [0.3, 0.4) is 0 Å². The van der Waals surface area contributed by atoms with Crippen molar-refractivity contribution < 1.29 is 4.74 Å². The highest BCUT2D eigenvalue weighted by molar-refractivity contribution is 6.31. The molecule has 0 aliphatic carbocycles. The van der Waals surface area contributed by atoms with Gasteiger partial charge in [0.25, 0.3) is 0 Å². The molecular formula is C16H20ClN3O. The van der Waals surface area contributed by atoms with Gasteiger partial charge >= 0.3 is 0 Å². The summed E-state index contributed by atoms with van der Waals surface area (Å²) in [6.45, 7) is 8.74. The third-order valence-corrected chi connectivity index (χ3v) is 3.52. The van der Waals surface area contributed by atoms with Crippen LogP contribution < -0.4 is 10.1 Å². The van der Waals surface area contributed by atoms with Gasteiger partial charge < -0.3 is 10.1 Å². The standard InChI is InChI=1S/C16H20ClN3O/c1-5-8-18-15-11(3)16(20-12(4)19-15)21-13-6-7-14(17)10(2)9-13/h6-7,9H,5,8H2,1-4H3,(H,18,19,20). The van der Waals surface area contributed by atoms with Crippen LogP contribution in [0.2, 0.25) is 5.02 Å². The van der Waals surface area contributed by atoms with Gasteiger partial charge in [0.05, 0.1) is 5.56 Å². The van der Waals surface area contributed by atoms with E-state index in [0.29, 0.717) is 11.7 Å². The second-order valence-electron chi connectivity index (χ2n) is 4.99. The summed E-state index contributed by atoms with van der Waals surface area (Å²) in [6.07, 6.45) is 1.04. The van der Waals surface area contributed by atoms with Gasteiger partial charge in [-0.25, -0.2) is 4.98 Å². The molecule has 2 aromatic rings. The van der Waals surface area contributed by atoms with E-state index in [2.05, 4.69) is 22.2 Å². The monoisotopic (exact) mass is 305 g/mol. The number of anilines is 1. The van der Waals surface area contributed by atoms with Crippen molar-refractivity contribution in [2.75, 3.05) is 11.9 Å². The number of rotatable bonds is 5. The van der Waals surface area contributed by atoms with Gasteiger partial charge in [0.1, 0.15) is 17.4 Å². The quantitative estimate of drug-likeness (QED) is 0.872. The first kappa shape index (κ1) is 15.6. The molecule has 0 aliphatic rings. The summed E-state index contributed by atoms with van der Waals surface area (Å²) in [4.78, 5) is 8.80. The number of benzene rings is 1. The minimum absolute atomic E-state index is 0.572. The third-order valence-electron chi connectivity index (χ3n) is 3.10. The van der Waals surface area contributed by atoms with Gasteiger partial charge in [0, 0.05) is 11.6 Å². The summed E-state index contributed by atoms with van der Waals surface area (Å²) in [5, 5.41) is 4.02. The van der Waals surface area contributed by atoms with E-state index in [1.165, 1.54) is 0 Å². The molecule has 2 rings (SSSR count). The maximum atomic E-state index is 6.03. The number of nitrogens with zero attached hydrogens (tertiary/aromatic N) is 2. The van der Waals surface area contributed by atoms with Gasteiger partial charge in [-0.2, -0.15) is 4.98 Å². The van der Waals surface area contributed by atoms with Gasteiger partial charge in [-0.3, -0.25) is 0 Å². The Morgan fingerprint density at radius 1 is 1.19 bits per heavy atom. The van der Waals surface area contributed by atoms with E-state index in [1.807, 2.05) is 39.0 Å². The fourth-order valence-corrected chi connectivity index (χ4v) is 2.03. The predicted molar refractivity (Wildman–Crippen MR) is 86.5 cm³/mol. The van der Waals surface area contributed by atoms with Crippen LogP contribution in [0.5, 0.6) is 11.6 Å². The van der Waals surface area contributed by atoms with Gasteiger partial charge in [-0.15, -0.1) is 0 Å². The molecule has 0 amide bonds. The zero-order valence-corrected chi connectivity index (χ0v) is 13.6. The predicted octanol–water partition coefficient (Wildman–Crippen LogP) is 4.67. The molecule has 112 valence electrons. The number of aryl methyl sites for hydroxylation is 2. The number of ether oxygens (including phenoxy) is 1. The molecule has 0 unspecified atom stereocenters. The summed E-state index contributed by atoms with van der Waals surface area (Å²) in [5.41, 5.74) is 1.88. The van der Waals surface area contributed by atoms with Crippen molar-refractivity contribution in [2.24, 2.45) is 0 Å². The van der Waals surface area contributed by atoms with Gasteiger partial charge in [0.2, 0.25) is 5.88 Å². The van der Waals surface area contributed by atoms with E-state index >= 15 is 0 Å². The van der Waals surface area contributed by atoms with Crippen LogP contribution >= 0.6 is 11.6 Å². The Morgan fingerprint density at radius 2 is 1.95 bits per heavy atom. The first-order chi connectivity index (χ1) is 10.0. The number of nitrogens with one attached hydrogen (secondary N) is 1. The lowest BCUT2D eigenvalue weighted by Gasteiger charge is -2.13. The highest BCUT2D eigenvalue weighted by atomic mass is 35.5. The highest BCUT2D eigenvalue weighted by Gasteiger charge is 2.11. The number of hydrogen-bond donors (Lipinski definition) is 1. The zero-order chi connectivity index (χ0) is 15.4. The van der Waals surface area contributed by atoms with E-state index in [1.54, 1.807) is 0 Å². The first-order valence-corrected chi connectivity index (χ1v) is 7.42. The summed E-state index contributed by atoms with van der Waals surface area (Å²) in [7, 11) is 0. The minimum Gasteiger partial charge on any atom is -0.439 e. The molecule has 0 aliphatic heterocycles. The Hall–Kier alpha value is -1.81. The Kier molecular flexibility index (Phi) is 5.02. The molecule has 0 saturated carbocycles. The van der Waals surface area contributed by atoms with Crippen molar-refractivity contribution in [1.82, 2.24) is 9.97 Å². The molecule has 0 saturated heterocycles. The Bertz CT molecular complexity index is 644. The molecule has 1 aromatic carbocycles. The normalized spacial score (nSPS) is 10.5. The van der Waals surface area contributed by atoms with Crippen molar-refractivity contribution in [3.8, 4) is 11.6 Å². The Labute approximate surface area is 130 Å². The average molecular weight is 306 g/mol. The molecule has 0 atom stereocenters. The van der Waals surface area contributed by atoms with Gasteiger partial charge in [-0.1, -0.05) is 18.5 Å². The van der Waals surface area contributed by atoms with Crippen LogP contribution in [0.4, 0.5) is 5.82 Å². The fourth-order valence-electron chi connectivity index (χ4n) is 1.91. The molecule has 1 aromatic heterocycles. The molecular weight excluding hydrogens is 286 g/mol. The molecule has 21 heavy (non-hydrogen) atoms. The maximum absolute atomic E-state index is 6.03. The van der Waals surface area contributed by atoms with Crippen molar-refractivity contribution in [1.29, 1.82) is 0 Å². The first-order valence-electron chi connectivity index (χ1n) is 7.04. The molecule has 0 spiro atoms. The van der Waals surface area contributed by atoms with Crippen molar-refractivity contribution in [3.63, 3.8) is 0 Å². The molecule has 0 bridgehead atoms. The van der Waals surface area contributed by atoms with E-state index in [-0.39, 0.29) is 0 Å². The number of aromatic nitrogens is 2. The summed E-state index contributed by atoms with van der Waals surface area (Å²) < 4.78 is 5.90. The smallest absolute Gasteiger partial charge is 0.227 e. The van der Waals surface area contributed by atoms with Crippen LogP contribution in [0.25, 0.3) is 0 Å². The molecule has 1 N–H and O–H groups in total. The van der Waals surface area contributed by atoms with Crippen LogP contribution in [-0.4, -0.2) is 16.5 Å². The van der Waals surface area contributed by atoms with Crippen LogP contribution in [0, 0.1) is 20.8 Å². The maximum Gasteiger partial charge on any atom is 0.227 e. The van der Waals surface area contributed by atoms with E-state index < -0.39 is 0 Å². The molecule has 4 nitrogen and oxygen atoms in total. The minimum atomic E-state index is 0.572. The second kappa shape index (κ2) is 6.76. The summed E-state index contributed by atoms with van der Waals surface area (Å²) >= 11 is 6.03. The Morgan fingerprint density at radius 3 is 2.62 bits per heavy atom. The highest BCUT2D eigenvalue weighted by Crippen LogP contribution is 2.29. The summed E-state index contributed by atoms with van der Waals surface area (Å²) in [5.74, 6) is 2.80. The van der Waals surface area contributed by atoms with Crippen LogP contribution in [0.1, 0.15) is 30.3 Å². The van der Waals surface area contributed by atoms with Crippen LogP contribution in [-0.2, 0) is 0 Å². The molecule has 5 heteroatoms. The topological polar surface area (TPSA) is 47.0 Å². The second-order valence-corrected chi connectivity index (χ2v) is 5.40. The SMILES string of the molecule is CCCNc1nc(C)nc(Oc2ccc(Cl)c(C)c2)c1C. The van der Waals surface area contributed by atoms with Crippen molar-refractivity contribution in [3.05, 3.63) is 40.2 Å². The Balaban J connectivity index is 2.30. The lowest BCUT2D eigenvalue weighted by Crippen LogP contribution is -2.07.